The zero-order valence-corrected chi connectivity index (χ0v) is 19.7. The first-order valence-electron chi connectivity index (χ1n) is 11.3. The molecule has 1 heterocycles. The lowest BCUT2D eigenvalue weighted by Crippen LogP contribution is -2.29. The molecule has 1 aliphatic heterocycles. The normalized spacial score (nSPS) is 17.0. The summed E-state index contributed by atoms with van der Waals surface area (Å²) < 4.78 is 25.9. The standard InChI is InChI=1S/C28H26FNO5/c1-4-15-35-23-14-9-18(16-17(23)2)26(31)24-25(21-7-5-6-8-22(21)29)30(28(33)27(24)32)19-10-12-20(34-3)13-11-19/h5-14,16,25,31H,4,15H2,1-3H3/b26-24+. The van der Waals surface area contributed by atoms with Crippen molar-refractivity contribution in [1.29, 1.82) is 0 Å². The molecular formula is C28H26FNO5. The van der Waals surface area contributed by atoms with Crippen LogP contribution >= 0.6 is 0 Å². The highest BCUT2D eigenvalue weighted by atomic mass is 19.1. The molecule has 1 saturated heterocycles. The second-order valence-electron chi connectivity index (χ2n) is 8.22. The Morgan fingerprint density at radius 2 is 1.77 bits per heavy atom. The van der Waals surface area contributed by atoms with E-state index in [-0.39, 0.29) is 16.9 Å². The molecule has 0 saturated carbocycles. The molecule has 0 spiro atoms. The lowest BCUT2D eigenvalue weighted by Gasteiger charge is -2.26. The molecule has 0 aliphatic carbocycles. The summed E-state index contributed by atoms with van der Waals surface area (Å²) in [5.41, 5.74) is 1.38. The first kappa shape index (κ1) is 24.0. The lowest BCUT2D eigenvalue weighted by atomic mass is 9.94. The molecule has 35 heavy (non-hydrogen) atoms. The number of rotatable bonds is 7. The number of aliphatic hydroxyl groups excluding tert-OH is 1. The third kappa shape index (κ3) is 4.49. The molecule has 0 radical (unpaired) electrons. The molecular weight excluding hydrogens is 449 g/mol. The van der Waals surface area contributed by atoms with E-state index in [1.165, 1.54) is 30.2 Å². The fourth-order valence-electron chi connectivity index (χ4n) is 4.16. The Morgan fingerprint density at radius 1 is 1.06 bits per heavy atom. The SMILES string of the molecule is CCCOc1ccc(/C(O)=C2\C(=O)C(=O)N(c3ccc(OC)cc3)C2c2ccccc2F)cc1C. The summed E-state index contributed by atoms with van der Waals surface area (Å²) in [5.74, 6) is -1.50. The van der Waals surface area contributed by atoms with Gasteiger partial charge in [-0.1, -0.05) is 25.1 Å². The fraction of sp³-hybridized carbons (Fsp3) is 0.214. The van der Waals surface area contributed by atoms with Gasteiger partial charge in [-0.2, -0.15) is 0 Å². The van der Waals surface area contributed by atoms with Gasteiger partial charge in [-0.25, -0.2) is 4.39 Å². The predicted octanol–water partition coefficient (Wildman–Crippen LogP) is 5.56. The van der Waals surface area contributed by atoms with E-state index in [0.29, 0.717) is 29.4 Å². The van der Waals surface area contributed by atoms with Crippen LogP contribution in [0.25, 0.3) is 5.76 Å². The van der Waals surface area contributed by atoms with E-state index in [9.17, 15) is 19.1 Å². The van der Waals surface area contributed by atoms with Crippen molar-refractivity contribution < 1.29 is 28.6 Å². The number of Topliss-reactive ketones (excluding diaryl/α,β-unsaturated/α-hetero) is 1. The average molecular weight is 476 g/mol. The molecule has 0 aromatic heterocycles. The third-order valence-electron chi connectivity index (χ3n) is 5.90. The fourth-order valence-corrected chi connectivity index (χ4v) is 4.16. The maximum absolute atomic E-state index is 15.0. The largest absolute Gasteiger partial charge is 0.507 e. The number of ketones is 1. The van der Waals surface area contributed by atoms with Crippen LogP contribution in [0.5, 0.6) is 11.5 Å². The molecule has 7 heteroatoms. The van der Waals surface area contributed by atoms with Crippen molar-refractivity contribution in [2.75, 3.05) is 18.6 Å². The van der Waals surface area contributed by atoms with Gasteiger partial charge in [0.1, 0.15) is 23.1 Å². The van der Waals surface area contributed by atoms with Crippen molar-refractivity contribution in [2.24, 2.45) is 0 Å². The smallest absolute Gasteiger partial charge is 0.300 e. The van der Waals surface area contributed by atoms with Crippen molar-refractivity contribution in [3.05, 3.63) is 94.8 Å². The van der Waals surface area contributed by atoms with E-state index in [1.54, 1.807) is 48.5 Å². The quantitative estimate of drug-likeness (QED) is 0.275. The van der Waals surface area contributed by atoms with Crippen LogP contribution in [0.1, 0.15) is 36.1 Å². The van der Waals surface area contributed by atoms with Crippen LogP contribution in [0.15, 0.2) is 72.3 Å². The summed E-state index contributed by atoms with van der Waals surface area (Å²) in [4.78, 5) is 27.6. The number of amides is 1. The molecule has 1 aliphatic rings. The zero-order chi connectivity index (χ0) is 25.1. The Hall–Kier alpha value is -4.13. The monoisotopic (exact) mass is 475 g/mol. The van der Waals surface area contributed by atoms with Gasteiger partial charge in [0.2, 0.25) is 0 Å². The van der Waals surface area contributed by atoms with Gasteiger partial charge < -0.3 is 14.6 Å². The Bertz CT molecular complexity index is 1300. The number of ether oxygens (including phenoxy) is 2. The van der Waals surface area contributed by atoms with Gasteiger partial charge in [-0.15, -0.1) is 0 Å². The highest BCUT2D eigenvalue weighted by molar-refractivity contribution is 6.51. The minimum Gasteiger partial charge on any atom is -0.507 e. The van der Waals surface area contributed by atoms with Crippen LogP contribution in [0.4, 0.5) is 10.1 Å². The second-order valence-corrected chi connectivity index (χ2v) is 8.22. The van der Waals surface area contributed by atoms with Crippen molar-refractivity contribution in [1.82, 2.24) is 0 Å². The minimum atomic E-state index is -1.15. The molecule has 4 rings (SSSR count). The molecule has 1 unspecified atom stereocenters. The average Bonchev–Trinajstić information content (AvgIpc) is 3.13. The van der Waals surface area contributed by atoms with E-state index in [0.717, 1.165) is 12.0 Å². The van der Waals surface area contributed by atoms with Crippen LogP contribution in [0, 0.1) is 12.7 Å². The summed E-state index contributed by atoms with van der Waals surface area (Å²) in [6, 6.07) is 16.3. The van der Waals surface area contributed by atoms with Crippen LogP contribution in [-0.2, 0) is 9.59 Å². The van der Waals surface area contributed by atoms with Gasteiger partial charge in [0, 0.05) is 16.8 Å². The number of aliphatic hydroxyl groups is 1. The first-order valence-corrected chi connectivity index (χ1v) is 11.3. The zero-order valence-electron chi connectivity index (χ0n) is 19.7. The van der Waals surface area contributed by atoms with Crippen molar-refractivity contribution >= 4 is 23.1 Å². The first-order chi connectivity index (χ1) is 16.9. The molecule has 1 N–H and O–H groups in total. The predicted molar refractivity (Wildman–Crippen MR) is 131 cm³/mol. The maximum atomic E-state index is 15.0. The van der Waals surface area contributed by atoms with E-state index in [1.807, 2.05) is 13.8 Å². The maximum Gasteiger partial charge on any atom is 0.300 e. The van der Waals surface area contributed by atoms with Crippen LogP contribution in [-0.4, -0.2) is 30.5 Å². The number of anilines is 1. The summed E-state index contributed by atoms with van der Waals surface area (Å²) >= 11 is 0. The molecule has 6 nitrogen and oxygen atoms in total. The number of nitrogens with zero attached hydrogens (tertiary/aromatic N) is 1. The van der Waals surface area contributed by atoms with Crippen LogP contribution in [0.2, 0.25) is 0 Å². The van der Waals surface area contributed by atoms with Crippen LogP contribution < -0.4 is 14.4 Å². The second kappa shape index (κ2) is 10.0. The highest BCUT2D eigenvalue weighted by Gasteiger charge is 2.47. The van der Waals surface area contributed by atoms with E-state index in [2.05, 4.69) is 0 Å². The van der Waals surface area contributed by atoms with E-state index in [4.69, 9.17) is 9.47 Å². The molecule has 0 bridgehead atoms. The Kier molecular flexibility index (Phi) is 6.87. The topological polar surface area (TPSA) is 76.1 Å². The number of hydrogen-bond donors (Lipinski definition) is 1. The van der Waals surface area contributed by atoms with Gasteiger partial charge in [0.25, 0.3) is 11.7 Å². The minimum absolute atomic E-state index is 0.101. The summed E-state index contributed by atoms with van der Waals surface area (Å²) in [5, 5.41) is 11.3. The highest BCUT2D eigenvalue weighted by Crippen LogP contribution is 2.43. The van der Waals surface area contributed by atoms with Crippen molar-refractivity contribution in [3.63, 3.8) is 0 Å². The summed E-state index contributed by atoms with van der Waals surface area (Å²) in [6.45, 7) is 4.37. The Balaban J connectivity index is 1.88. The van der Waals surface area contributed by atoms with Gasteiger partial charge in [-0.05, 0) is 67.4 Å². The Labute approximate surface area is 203 Å². The van der Waals surface area contributed by atoms with Crippen molar-refractivity contribution in [2.45, 2.75) is 26.3 Å². The van der Waals surface area contributed by atoms with Gasteiger partial charge in [0.05, 0.1) is 25.3 Å². The number of aryl methyl sites for hydroxylation is 1. The van der Waals surface area contributed by atoms with E-state index >= 15 is 0 Å². The molecule has 180 valence electrons. The summed E-state index contributed by atoms with van der Waals surface area (Å²) in [6.07, 6.45) is 0.846. The number of methoxy groups -OCH3 is 1. The lowest BCUT2D eigenvalue weighted by molar-refractivity contribution is -0.132. The number of carbonyl (C=O) groups is 2. The molecule has 3 aromatic carbocycles. The van der Waals surface area contributed by atoms with Crippen LogP contribution in [0.3, 0.4) is 0 Å². The molecule has 1 atom stereocenters. The number of benzene rings is 3. The molecule has 1 amide bonds. The number of hydrogen-bond acceptors (Lipinski definition) is 5. The Morgan fingerprint density at radius 3 is 2.40 bits per heavy atom. The number of halogens is 1. The van der Waals surface area contributed by atoms with E-state index < -0.39 is 23.5 Å². The third-order valence-corrected chi connectivity index (χ3v) is 5.90. The van der Waals surface area contributed by atoms with Crippen molar-refractivity contribution in [3.8, 4) is 11.5 Å². The summed E-state index contributed by atoms with van der Waals surface area (Å²) in [7, 11) is 1.52. The molecule has 1 fully saturated rings. The van der Waals surface area contributed by atoms with Gasteiger partial charge in [0.15, 0.2) is 0 Å². The number of carbonyl (C=O) groups excluding carboxylic acids is 2. The molecule has 3 aromatic rings. The van der Waals surface area contributed by atoms with Gasteiger partial charge in [-0.3, -0.25) is 14.5 Å². The van der Waals surface area contributed by atoms with Gasteiger partial charge >= 0.3 is 0 Å².